The van der Waals surface area contributed by atoms with E-state index in [1.807, 2.05) is 59.7 Å². The van der Waals surface area contributed by atoms with Gasteiger partial charge in [-0.25, -0.2) is 9.97 Å². The minimum Gasteiger partial charge on any atom is -0.368 e. The number of imidazole rings is 1. The molecule has 0 fully saturated rings. The fourth-order valence-corrected chi connectivity index (χ4v) is 3.47. The molecule has 0 spiro atoms. The highest BCUT2D eigenvalue weighted by atomic mass is 16.1. The molecule has 1 atom stereocenters. The van der Waals surface area contributed by atoms with Gasteiger partial charge in [-0.05, 0) is 31.5 Å². The number of benzene rings is 1. The molecule has 4 rings (SSSR count). The highest BCUT2D eigenvalue weighted by Crippen LogP contribution is 2.33. The van der Waals surface area contributed by atoms with Gasteiger partial charge in [-0.3, -0.25) is 9.20 Å². The molecule has 0 bridgehead atoms. The fourth-order valence-electron chi connectivity index (χ4n) is 3.47. The molecule has 3 heterocycles. The third-order valence-electron chi connectivity index (χ3n) is 4.56. The van der Waals surface area contributed by atoms with Gasteiger partial charge in [0.1, 0.15) is 6.04 Å². The van der Waals surface area contributed by atoms with Crippen LogP contribution in [0.1, 0.15) is 22.6 Å². The number of rotatable bonds is 3. The molecule has 24 heavy (non-hydrogen) atoms. The summed E-state index contributed by atoms with van der Waals surface area (Å²) in [5, 5.41) is 0. The number of nitrogens with two attached hydrogens (primary N) is 1. The number of aromatic nitrogens is 3. The van der Waals surface area contributed by atoms with E-state index in [-0.39, 0.29) is 11.9 Å². The maximum Gasteiger partial charge on any atom is 0.240 e. The highest BCUT2D eigenvalue weighted by molar-refractivity contribution is 5.86. The topological polar surface area (TPSA) is 76.5 Å². The van der Waals surface area contributed by atoms with E-state index in [9.17, 15) is 4.79 Å². The predicted molar refractivity (Wildman–Crippen MR) is 91.8 cm³/mol. The molecule has 1 amide bonds. The fraction of sp³-hybridized carbons (Fsp3) is 0.278. The van der Waals surface area contributed by atoms with E-state index in [0.29, 0.717) is 18.7 Å². The smallest absolute Gasteiger partial charge is 0.240 e. The molecule has 6 heteroatoms. The Hall–Kier alpha value is -2.89. The van der Waals surface area contributed by atoms with Gasteiger partial charge in [-0.2, -0.15) is 0 Å². The summed E-state index contributed by atoms with van der Waals surface area (Å²) in [5.74, 6) is 0.380. The summed E-state index contributed by atoms with van der Waals surface area (Å²) in [7, 11) is 0. The SMILES string of the molecule is Cc1cc(C)n2cc(CN3c4ccccc4C[C@H]3C(N)=O)nc2n1. The van der Waals surface area contributed by atoms with E-state index in [0.717, 1.165) is 28.3 Å². The second-order valence-corrected chi connectivity index (χ2v) is 6.32. The molecule has 1 aliphatic rings. The van der Waals surface area contributed by atoms with Crippen molar-refractivity contribution in [2.24, 2.45) is 5.73 Å². The van der Waals surface area contributed by atoms with Gasteiger partial charge < -0.3 is 10.6 Å². The van der Waals surface area contributed by atoms with Crippen LogP contribution in [-0.2, 0) is 17.8 Å². The summed E-state index contributed by atoms with van der Waals surface area (Å²) in [6, 6.07) is 9.74. The van der Waals surface area contributed by atoms with E-state index < -0.39 is 0 Å². The molecule has 6 nitrogen and oxygen atoms in total. The van der Waals surface area contributed by atoms with Crippen LogP contribution in [0.4, 0.5) is 5.69 Å². The monoisotopic (exact) mass is 321 g/mol. The van der Waals surface area contributed by atoms with Crippen LogP contribution in [0.5, 0.6) is 0 Å². The molecular formula is C18H19N5O. The lowest BCUT2D eigenvalue weighted by Crippen LogP contribution is -2.42. The second kappa shape index (κ2) is 5.33. The van der Waals surface area contributed by atoms with Crippen molar-refractivity contribution in [1.82, 2.24) is 14.4 Å². The van der Waals surface area contributed by atoms with Crippen molar-refractivity contribution in [2.75, 3.05) is 4.90 Å². The molecular weight excluding hydrogens is 302 g/mol. The number of anilines is 1. The number of aryl methyl sites for hydroxylation is 2. The molecule has 3 aromatic rings. The van der Waals surface area contributed by atoms with Crippen LogP contribution >= 0.6 is 0 Å². The predicted octanol–water partition coefficient (Wildman–Crippen LogP) is 1.76. The number of hydrogen-bond donors (Lipinski definition) is 1. The number of hydrogen-bond acceptors (Lipinski definition) is 4. The average Bonchev–Trinajstić information content (AvgIpc) is 3.09. The van der Waals surface area contributed by atoms with Gasteiger partial charge in [-0.1, -0.05) is 18.2 Å². The lowest BCUT2D eigenvalue weighted by atomic mass is 10.1. The van der Waals surface area contributed by atoms with Crippen molar-refractivity contribution in [3.8, 4) is 0 Å². The quantitative estimate of drug-likeness (QED) is 0.797. The Labute approximate surface area is 139 Å². The maximum atomic E-state index is 11.9. The van der Waals surface area contributed by atoms with Gasteiger partial charge in [0.2, 0.25) is 11.7 Å². The Morgan fingerprint density at radius 1 is 1.29 bits per heavy atom. The Bertz CT molecular complexity index is 946. The van der Waals surface area contributed by atoms with Gasteiger partial charge in [0.05, 0.1) is 12.2 Å². The molecule has 2 aromatic heterocycles. The number of amides is 1. The highest BCUT2D eigenvalue weighted by Gasteiger charge is 2.33. The van der Waals surface area contributed by atoms with Gasteiger partial charge in [-0.15, -0.1) is 0 Å². The normalized spacial score (nSPS) is 16.6. The molecule has 0 unspecified atom stereocenters. The maximum absolute atomic E-state index is 11.9. The Kier molecular flexibility index (Phi) is 3.26. The number of fused-ring (bicyclic) bond motifs is 2. The van der Waals surface area contributed by atoms with E-state index in [4.69, 9.17) is 5.73 Å². The van der Waals surface area contributed by atoms with Crippen molar-refractivity contribution in [1.29, 1.82) is 0 Å². The lowest BCUT2D eigenvalue weighted by molar-refractivity contribution is -0.119. The van der Waals surface area contributed by atoms with Crippen LogP contribution in [0, 0.1) is 13.8 Å². The first kappa shape index (κ1) is 14.7. The number of carbonyl (C=O) groups is 1. The van der Waals surface area contributed by atoms with E-state index in [1.165, 1.54) is 0 Å². The van der Waals surface area contributed by atoms with E-state index in [1.54, 1.807) is 0 Å². The molecule has 1 aromatic carbocycles. The molecule has 0 radical (unpaired) electrons. The van der Waals surface area contributed by atoms with Crippen LogP contribution in [0.3, 0.4) is 0 Å². The van der Waals surface area contributed by atoms with E-state index in [2.05, 4.69) is 9.97 Å². The number of carbonyl (C=O) groups excluding carboxylic acids is 1. The third-order valence-corrected chi connectivity index (χ3v) is 4.56. The molecule has 0 aliphatic carbocycles. The molecule has 122 valence electrons. The zero-order valence-corrected chi connectivity index (χ0v) is 13.7. The first-order valence-electron chi connectivity index (χ1n) is 7.99. The molecule has 0 saturated carbocycles. The van der Waals surface area contributed by atoms with Gasteiger partial charge in [0.15, 0.2) is 0 Å². The summed E-state index contributed by atoms with van der Waals surface area (Å²) >= 11 is 0. The molecule has 2 N–H and O–H groups in total. The standard InChI is InChI=1S/C18H19N5O/c1-11-7-12(2)22-9-14(21-18(22)20-11)10-23-15-6-4-3-5-13(15)8-16(23)17(19)24/h3-7,9,16H,8,10H2,1-2H3,(H2,19,24)/t16-/m0/s1. The lowest BCUT2D eigenvalue weighted by Gasteiger charge is -2.24. The van der Waals surface area contributed by atoms with Crippen molar-refractivity contribution < 1.29 is 4.79 Å². The first-order chi connectivity index (χ1) is 11.5. The van der Waals surface area contributed by atoms with Crippen LogP contribution in [0.2, 0.25) is 0 Å². The summed E-state index contributed by atoms with van der Waals surface area (Å²) in [6.07, 6.45) is 2.63. The van der Waals surface area contributed by atoms with Crippen LogP contribution in [-0.4, -0.2) is 26.3 Å². The van der Waals surface area contributed by atoms with Crippen molar-refractivity contribution in [3.05, 3.63) is 59.2 Å². The second-order valence-electron chi connectivity index (χ2n) is 6.32. The molecule has 0 saturated heterocycles. The van der Waals surface area contributed by atoms with Crippen molar-refractivity contribution in [2.45, 2.75) is 32.9 Å². The van der Waals surface area contributed by atoms with Gasteiger partial charge in [0, 0.05) is 29.7 Å². The first-order valence-corrected chi connectivity index (χ1v) is 7.99. The summed E-state index contributed by atoms with van der Waals surface area (Å²) in [4.78, 5) is 23.0. The largest absolute Gasteiger partial charge is 0.368 e. The van der Waals surface area contributed by atoms with E-state index >= 15 is 0 Å². The Balaban J connectivity index is 1.73. The van der Waals surface area contributed by atoms with Crippen LogP contribution < -0.4 is 10.6 Å². The minimum atomic E-state index is -0.331. The van der Waals surface area contributed by atoms with Gasteiger partial charge in [0.25, 0.3) is 0 Å². The summed E-state index contributed by atoms with van der Waals surface area (Å²) < 4.78 is 1.98. The van der Waals surface area contributed by atoms with Crippen molar-refractivity contribution >= 4 is 17.4 Å². The molecule has 1 aliphatic heterocycles. The summed E-state index contributed by atoms with van der Waals surface area (Å²) in [6.45, 7) is 4.53. The average molecular weight is 321 g/mol. The zero-order chi connectivity index (χ0) is 16.8. The Morgan fingerprint density at radius 3 is 2.88 bits per heavy atom. The zero-order valence-electron chi connectivity index (χ0n) is 13.7. The summed E-state index contributed by atoms with van der Waals surface area (Å²) in [5.41, 5.74) is 10.7. The Morgan fingerprint density at radius 2 is 2.08 bits per heavy atom. The van der Waals surface area contributed by atoms with Crippen LogP contribution in [0.25, 0.3) is 5.78 Å². The van der Waals surface area contributed by atoms with Crippen molar-refractivity contribution in [3.63, 3.8) is 0 Å². The number of nitrogens with zero attached hydrogens (tertiary/aromatic N) is 4. The number of primary amides is 1. The van der Waals surface area contributed by atoms with Gasteiger partial charge >= 0.3 is 0 Å². The van der Waals surface area contributed by atoms with Crippen LogP contribution in [0.15, 0.2) is 36.5 Å². The minimum absolute atomic E-state index is 0.305. The third kappa shape index (κ3) is 2.31. The number of para-hydroxylation sites is 1.